The van der Waals surface area contributed by atoms with E-state index in [0.717, 1.165) is 31.4 Å². The van der Waals surface area contributed by atoms with Crippen molar-refractivity contribution >= 4 is 11.7 Å². The summed E-state index contributed by atoms with van der Waals surface area (Å²) in [5.41, 5.74) is 2.21. The van der Waals surface area contributed by atoms with E-state index in [9.17, 15) is 4.79 Å². The van der Waals surface area contributed by atoms with Crippen molar-refractivity contribution in [2.24, 2.45) is 5.92 Å². The summed E-state index contributed by atoms with van der Waals surface area (Å²) < 4.78 is 5.27. The Balaban J connectivity index is 1.71. The number of anilines is 1. The van der Waals surface area contributed by atoms with Gasteiger partial charge in [-0.25, -0.2) is 0 Å². The van der Waals surface area contributed by atoms with Gasteiger partial charge in [-0.1, -0.05) is 37.0 Å². The van der Waals surface area contributed by atoms with Crippen molar-refractivity contribution < 1.29 is 9.53 Å². The minimum atomic E-state index is -0.0469. The van der Waals surface area contributed by atoms with Gasteiger partial charge in [-0.05, 0) is 31.9 Å². The molecule has 1 fully saturated rings. The van der Waals surface area contributed by atoms with Crippen LogP contribution in [0.4, 0.5) is 5.69 Å². The number of hydrogen-bond donors (Lipinski definition) is 1. The Hall–Kier alpha value is -1.51. The van der Waals surface area contributed by atoms with Crippen LogP contribution < -0.4 is 5.32 Å². The Morgan fingerprint density at radius 2 is 1.89 bits per heavy atom. The van der Waals surface area contributed by atoms with Gasteiger partial charge in [0, 0.05) is 5.69 Å². The molecule has 1 aliphatic rings. The van der Waals surface area contributed by atoms with Crippen LogP contribution in [0.15, 0.2) is 24.3 Å². The molecular formula is C15H21NO2. The van der Waals surface area contributed by atoms with Crippen LogP contribution in [-0.4, -0.2) is 12.7 Å². The summed E-state index contributed by atoms with van der Waals surface area (Å²) in [5.74, 6) is 0.0767. The first-order chi connectivity index (χ1) is 8.75. The summed E-state index contributed by atoms with van der Waals surface area (Å²) >= 11 is 0. The van der Waals surface area contributed by atoms with Crippen LogP contribution in [0.3, 0.4) is 0 Å². The number of ether oxygens (including phenoxy) is 1. The Morgan fingerprint density at radius 1 is 1.22 bits per heavy atom. The van der Waals surface area contributed by atoms with Crippen molar-refractivity contribution in [3.8, 4) is 0 Å². The van der Waals surface area contributed by atoms with Crippen molar-refractivity contribution in [1.29, 1.82) is 0 Å². The standard InChI is InChI=1S/C15H21NO2/c1-12-7-9-14(10-8-12)16-11-18-15(17)13-5-3-2-4-6-13/h7-10,13,16H,2-6,11H2,1H3. The average molecular weight is 247 g/mol. The summed E-state index contributed by atoms with van der Waals surface area (Å²) in [7, 11) is 0. The van der Waals surface area contributed by atoms with Gasteiger partial charge in [0.05, 0.1) is 5.92 Å². The van der Waals surface area contributed by atoms with Crippen LogP contribution in [0.5, 0.6) is 0 Å². The molecule has 0 atom stereocenters. The molecule has 0 aromatic heterocycles. The molecule has 0 aliphatic heterocycles. The molecule has 98 valence electrons. The summed E-state index contributed by atoms with van der Waals surface area (Å²) in [6, 6.07) is 8.05. The number of nitrogens with one attached hydrogen (secondary N) is 1. The molecule has 3 nitrogen and oxygen atoms in total. The topological polar surface area (TPSA) is 38.3 Å². The molecule has 0 spiro atoms. The van der Waals surface area contributed by atoms with Gasteiger partial charge in [-0.3, -0.25) is 4.79 Å². The lowest BCUT2D eigenvalue weighted by Crippen LogP contribution is -2.22. The highest BCUT2D eigenvalue weighted by Crippen LogP contribution is 2.24. The molecule has 3 heteroatoms. The lowest BCUT2D eigenvalue weighted by Gasteiger charge is -2.20. The maximum atomic E-state index is 11.8. The van der Waals surface area contributed by atoms with E-state index < -0.39 is 0 Å². The highest BCUT2D eigenvalue weighted by molar-refractivity contribution is 5.72. The molecule has 0 heterocycles. The molecule has 2 rings (SSSR count). The second-order valence-electron chi connectivity index (χ2n) is 4.99. The molecule has 1 saturated carbocycles. The lowest BCUT2D eigenvalue weighted by atomic mass is 9.89. The predicted octanol–water partition coefficient (Wildman–Crippen LogP) is 3.49. The number of rotatable bonds is 4. The zero-order valence-corrected chi connectivity index (χ0v) is 10.9. The third-order valence-corrected chi connectivity index (χ3v) is 3.48. The number of aryl methyl sites for hydroxylation is 1. The van der Waals surface area contributed by atoms with Gasteiger partial charge in [0.25, 0.3) is 0 Å². The van der Waals surface area contributed by atoms with E-state index in [0.29, 0.717) is 0 Å². The molecule has 1 aromatic rings. The van der Waals surface area contributed by atoms with Crippen molar-refractivity contribution in [3.63, 3.8) is 0 Å². The number of benzene rings is 1. The van der Waals surface area contributed by atoms with Gasteiger partial charge in [0.2, 0.25) is 0 Å². The number of hydrogen-bond acceptors (Lipinski definition) is 3. The van der Waals surface area contributed by atoms with Crippen molar-refractivity contribution in [3.05, 3.63) is 29.8 Å². The van der Waals surface area contributed by atoms with Crippen LogP contribution in [0.1, 0.15) is 37.7 Å². The first-order valence-corrected chi connectivity index (χ1v) is 6.73. The number of carbonyl (C=O) groups excluding carboxylic acids is 1. The van der Waals surface area contributed by atoms with Crippen molar-refractivity contribution in [2.45, 2.75) is 39.0 Å². The van der Waals surface area contributed by atoms with Crippen LogP contribution in [0.2, 0.25) is 0 Å². The van der Waals surface area contributed by atoms with E-state index in [4.69, 9.17) is 4.74 Å². The highest BCUT2D eigenvalue weighted by atomic mass is 16.5. The first-order valence-electron chi connectivity index (χ1n) is 6.73. The Labute approximate surface area is 109 Å². The second kappa shape index (κ2) is 6.43. The summed E-state index contributed by atoms with van der Waals surface area (Å²) in [4.78, 5) is 11.8. The van der Waals surface area contributed by atoms with Crippen molar-refractivity contribution in [2.75, 3.05) is 12.0 Å². The minimum absolute atomic E-state index is 0.0469. The molecule has 1 N–H and O–H groups in total. The molecule has 1 aromatic carbocycles. The minimum Gasteiger partial charge on any atom is -0.444 e. The van der Waals surface area contributed by atoms with Crippen LogP contribution in [-0.2, 0) is 9.53 Å². The van der Waals surface area contributed by atoms with Gasteiger partial charge in [-0.2, -0.15) is 0 Å². The summed E-state index contributed by atoms with van der Waals surface area (Å²) in [6.07, 6.45) is 5.55. The highest BCUT2D eigenvalue weighted by Gasteiger charge is 2.22. The van der Waals surface area contributed by atoms with E-state index in [1.165, 1.54) is 12.0 Å². The molecule has 0 unspecified atom stereocenters. The fourth-order valence-corrected chi connectivity index (χ4v) is 2.32. The van der Waals surface area contributed by atoms with Crippen LogP contribution in [0, 0.1) is 12.8 Å². The van der Waals surface area contributed by atoms with Crippen LogP contribution >= 0.6 is 0 Å². The van der Waals surface area contributed by atoms with E-state index >= 15 is 0 Å². The smallest absolute Gasteiger partial charge is 0.310 e. The van der Waals surface area contributed by atoms with Gasteiger partial charge < -0.3 is 10.1 Å². The largest absolute Gasteiger partial charge is 0.444 e. The van der Waals surface area contributed by atoms with Gasteiger partial charge in [0.1, 0.15) is 0 Å². The quantitative estimate of drug-likeness (QED) is 0.654. The normalized spacial score (nSPS) is 16.3. The van der Waals surface area contributed by atoms with E-state index in [-0.39, 0.29) is 18.6 Å². The summed E-state index contributed by atoms with van der Waals surface area (Å²) in [5, 5.41) is 3.10. The average Bonchev–Trinajstić information content (AvgIpc) is 2.42. The lowest BCUT2D eigenvalue weighted by molar-refractivity contribution is -0.148. The monoisotopic (exact) mass is 247 g/mol. The van der Waals surface area contributed by atoms with E-state index in [2.05, 4.69) is 5.32 Å². The molecule has 0 amide bonds. The first kappa shape index (κ1) is 12.9. The third-order valence-electron chi connectivity index (χ3n) is 3.48. The van der Waals surface area contributed by atoms with Gasteiger partial charge >= 0.3 is 5.97 Å². The molecule has 18 heavy (non-hydrogen) atoms. The van der Waals surface area contributed by atoms with E-state index in [1.807, 2.05) is 31.2 Å². The zero-order valence-electron chi connectivity index (χ0n) is 10.9. The molecule has 1 aliphatic carbocycles. The second-order valence-corrected chi connectivity index (χ2v) is 4.99. The fourth-order valence-electron chi connectivity index (χ4n) is 2.32. The number of carbonyl (C=O) groups is 1. The fraction of sp³-hybridized carbons (Fsp3) is 0.533. The maximum Gasteiger partial charge on any atom is 0.310 e. The van der Waals surface area contributed by atoms with Gasteiger partial charge in [0.15, 0.2) is 6.73 Å². The SMILES string of the molecule is Cc1ccc(NCOC(=O)C2CCCCC2)cc1. The Kier molecular flexibility index (Phi) is 4.62. The molecule has 0 radical (unpaired) electrons. The number of esters is 1. The van der Waals surface area contributed by atoms with Gasteiger partial charge in [-0.15, -0.1) is 0 Å². The molecule has 0 bridgehead atoms. The molecule has 0 saturated heterocycles. The van der Waals surface area contributed by atoms with Crippen LogP contribution in [0.25, 0.3) is 0 Å². The molecular weight excluding hydrogens is 226 g/mol. The Morgan fingerprint density at radius 3 is 2.56 bits per heavy atom. The van der Waals surface area contributed by atoms with Crippen molar-refractivity contribution in [1.82, 2.24) is 0 Å². The zero-order chi connectivity index (χ0) is 12.8. The third kappa shape index (κ3) is 3.76. The summed E-state index contributed by atoms with van der Waals surface area (Å²) in [6.45, 7) is 2.31. The maximum absolute atomic E-state index is 11.8. The van der Waals surface area contributed by atoms with E-state index in [1.54, 1.807) is 0 Å². The predicted molar refractivity (Wildman–Crippen MR) is 72.3 cm³/mol. The Bertz CT molecular complexity index is 380.